The van der Waals surface area contributed by atoms with E-state index in [-0.39, 0.29) is 5.41 Å². The fourth-order valence-electron chi connectivity index (χ4n) is 6.38. The molecule has 0 amide bonds. The summed E-state index contributed by atoms with van der Waals surface area (Å²) in [6, 6.07) is 11.3. The highest BCUT2D eigenvalue weighted by molar-refractivity contribution is 5.45. The molecule has 178 valence electrons. The van der Waals surface area contributed by atoms with Crippen LogP contribution in [-0.2, 0) is 5.41 Å². The van der Waals surface area contributed by atoms with E-state index in [1.807, 2.05) is 41.5 Å². The minimum atomic E-state index is 0.259. The number of rotatable bonds is 4. The molecule has 5 atom stereocenters. The number of fused-ring (bicyclic) bond motifs is 5. The fraction of sp³-hybridized carbons (Fsp3) is 0.677. The molecule has 2 bridgehead atoms. The highest BCUT2D eigenvalue weighted by Gasteiger charge is 2.61. The first-order chi connectivity index (χ1) is 15.2. The summed E-state index contributed by atoms with van der Waals surface area (Å²) in [7, 11) is 0. The van der Waals surface area contributed by atoms with E-state index in [1.165, 1.54) is 44.1 Å². The Labute approximate surface area is 196 Å². The van der Waals surface area contributed by atoms with E-state index in [0.717, 1.165) is 30.1 Å². The van der Waals surface area contributed by atoms with Gasteiger partial charge in [0, 0.05) is 5.41 Å². The van der Waals surface area contributed by atoms with Crippen LogP contribution in [0.1, 0.15) is 113 Å². The average Bonchev–Trinajstić information content (AvgIpc) is 3.56. The van der Waals surface area contributed by atoms with E-state index in [1.54, 1.807) is 5.56 Å². The van der Waals surface area contributed by atoms with Gasteiger partial charge >= 0.3 is 0 Å². The average molecular weight is 427 g/mol. The van der Waals surface area contributed by atoms with Crippen molar-refractivity contribution in [1.82, 2.24) is 0 Å². The van der Waals surface area contributed by atoms with Gasteiger partial charge in [-0.25, -0.2) is 0 Å². The Morgan fingerprint density at radius 1 is 0.935 bits per heavy atom. The van der Waals surface area contributed by atoms with Crippen molar-refractivity contribution < 1.29 is 0 Å². The summed E-state index contributed by atoms with van der Waals surface area (Å²) in [5.41, 5.74) is 3.32. The molecular weight excluding hydrogens is 372 g/mol. The molecule has 0 spiro atoms. The van der Waals surface area contributed by atoms with E-state index in [9.17, 15) is 0 Å². The van der Waals surface area contributed by atoms with Crippen molar-refractivity contribution in [2.24, 2.45) is 23.7 Å². The summed E-state index contributed by atoms with van der Waals surface area (Å²) in [6.07, 6.45) is 14.2. The molecule has 3 saturated carbocycles. The van der Waals surface area contributed by atoms with E-state index < -0.39 is 0 Å². The number of allylic oxidation sites excluding steroid dienone is 3. The predicted molar refractivity (Wildman–Crippen MR) is 144 cm³/mol. The molecule has 3 fully saturated rings. The fourth-order valence-corrected chi connectivity index (χ4v) is 6.38. The molecule has 31 heavy (non-hydrogen) atoms. The second kappa shape index (κ2) is 16.3. The van der Waals surface area contributed by atoms with Crippen molar-refractivity contribution >= 4 is 0 Å². The van der Waals surface area contributed by atoms with Gasteiger partial charge in [-0.3, -0.25) is 0 Å². The van der Waals surface area contributed by atoms with Crippen molar-refractivity contribution in [2.75, 3.05) is 0 Å². The zero-order chi connectivity index (χ0) is 23.9. The standard InChI is InChI=1S/C22H28.C3H8.3C2H6/c1-3-9-17(4-2)22(18-10-6-5-7-11-18)15-16-14-21(22)20-13-8-12-19(16)20;1-3-2;3*1-2/h4-7,9-11,16,19-21H,2-3,8,12-15H2,1H3;3H2,1-2H3;3*1-2H3/b17-9+;;;;. The van der Waals surface area contributed by atoms with Crippen LogP contribution < -0.4 is 0 Å². The van der Waals surface area contributed by atoms with Gasteiger partial charge < -0.3 is 0 Å². The summed E-state index contributed by atoms with van der Waals surface area (Å²) in [5, 5.41) is 0. The number of benzene rings is 1. The quantitative estimate of drug-likeness (QED) is 0.420. The van der Waals surface area contributed by atoms with Crippen LogP contribution in [0.25, 0.3) is 0 Å². The van der Waals surface area contributed by atoms with Crippen LogP contribution in [0.5, 0.6) is 0 Å². The van der Waals surface area contributed by atoms with Crippen LogP contribution >= 0.6 is 0 Å². The van der Waals surface area contributed by atoms with Crippen molar-refractivity contribution in [2.45, 2.75) is 113 Å². The molecule has 3 aliphatic rings. The molecular formula is C31H54. The van der Waals surface area contributed by atoms with Crippen molar-refractivity contribution in [3.8, 4) is 0 Å². The third-order valence-electron chi connectivity index (χ3n) is 6.97. The Morgan fingerprint density at radius 3 is 2.00 bits per heavy atom. The molecule has 1 aromatic rings. The zero-order valence-corrected chi connectivity index (χ0v) is 22.5. The monoisotopic (exact) mass is 426 g/mol. The predicted octanol–water partition coefficient (Wildman–Crippen LogP) is 10.4. The zero-order valence-electron chi connectivity index (χ0n) is 22.5. The first-order valence-electron chi connectivity index (χ1n) is 13.6. The normalized spacial score (nSPS) is 29.5. The van der Waals surface area contributed by atoms with Gasteiger partial charge in [-0.15, -0.1) is 0 Å². The van der Waals surface area contributed by atoms with Gasteiger partial charge in [0.2, 0.25) is 0 Å². The van der Waals surface area contributed by atoms with Crippen LogP contribution in [0.2, 0.25) is 0 Å². The van der Waals surface area contributed by atoms with Crippen LogP contribution in [0.15, 0.2) is 54.6 Å². The second-order valence-corrected chi connectivity index (χ2v) is 8.38. The van der Waals surface area contributed by atoms with E-state index in [2.05, 4.69) is 69.8 Å². The lowest BCUT2D eigenvalue weighted by Crippen LogP contribution is -2.40. The Hall–Kier alpha value is -1.30. The Bertz CT molecular complexity index is 596. The summed E-state index contributed by atoms with van der Waals surface area (Å²) >= 11 is 0. The molecule has 0 aromatic heterocycles. The largest absolute Gasteiger partial charge is 0.0988 e. The van der Waals surface area contributed by atoms with Gasteiger partial charge in [-0.2, -0.15) is 0 Å². The van der Waals surface area contributed by atoms with Gasteiger partial charge in [0.25, 0.3) is 0 Å². The molecule has 5 unspecified atom stereocenters. The summed E-state index contributed by atoms with van der Waals surface area (Å²) < 4.78 is 0. The number of hydrogen-bond donors (Lipinski definition) is 0. The van der Waals surface area contributed by atoms with Gasteiger partial charge in [-0.05, 0) is 66.9 Å². The highest BCUT2D eigenvalue weighted by atomic mass is 14.7. The lowest BCUT2D eigenvalue weighted by Gasteiger charge is -2.45. The maximum atomic E-state index is 4.20. The summed E-state index contributed by atoms with van der Waals surface area (Å²) in [4.78, 5) is 0. The molecule has 0 aliphatic heterocycles. The van der Waals surface area contributed by atoms with E-state index in [0.29, 0.717) is 0 Å². The van der Waals surface area contributed by atoms with Crippen molar-refractivity contribution in [3.05, 3.63) is 60.2 Å². The SMILES string of the molecule is C=C/C(=C\CC)C1(c2ccccc2)CC2CC1C1CCCC21.CC.CC.CC.CCC. The first-order valence-corrected chi connectivity index (χ1v) is 13.6. The molecule has 0 heterocycles. The van der Waals surface area contributed by atoms with Crippen LogP contribution in [0.3, 0.4) is 0 Å². The molecule has 4 rings (SSSR count). The molecule has 0 N–H and O–H groups in total. The minimum Gasteiger partial charge on any atom is -0.0988 e. The Kier molecular flexibility index (Phi) is 15.7. The Morgan fingerprint density at radius 2 is 1.48 bits per heavy atom. The Balaban J connectivity index is 0.000000886. The molecule has 0 heteroatoms. The first kappa shape index (κ1) is 29.7. The van der Waals surface area contributed by atoms with Gasteiger partial charge in [0.15, 0.2) is 0 Å². The molecule has 0 radical (unpaired) electrons. The molecule has 0 saturated heterocycles. The lowest BCUT2D eigenvalue weighted by molar-refractivity contribution is 0.180. The van der Waals surface area contributed by atoms with Gasteiger partial charge in [0.05, 0.1) is 0 Å². The van der Waals surface area contributed by atoms with Crippen molar-refractivity contribution in [3.63, 3.8) is 0 Å². The summed E-state index contributed by atoms with van der Waals surface area (Å²) in [5.74, 6) is 3.81. The van der Waals surface area contributed by atoms with E-state index >= 15 is 0 Å². The third-order valence-corrected chi connectivity index (χ3v) is 6.97. The maximum absolute atomic E-state index is 4.20. The van der Waals surface area contributed by atoms with Crippen LogP contribution in [0.4, 0.5) is 0 Å². The maximum Gasteiger partial charge on any atom is 0.0233 e. The van der Waals surface area contributed by atoms with Crippen LogP contribution in [0, 0.1) is 23.7 Å². The second-order valence-electron chi connectivity index (χ2n) is 8.38. The molecule has 0 nitrogen and oxygen atoms in total. The minimum absolute atomic E-state index is 0.259. The molecule has 1 aromatic carbocycles. The lowest BCUT2D eigenvalue weighted by atomic mass is 9.59. The topological polar surface area (TPSA) is 0 Å². The highest BCUT2D eigenvalue weighted by Crippen LogP contribution is 2.68. The van der Waals surface area contributed by atoms with Gasteiger partial charge in [-0.1, -0.05) is 124 Å². The third kappa shape index (κ3) is 6.36. The number of hydrogen-bond acceptors (Lipinski definition) is 0. The van der Waals surface area contributed by atoms with Crippen molar-refractivity contribution in [1.29, 1.82) is 0 Å². The van der Waals surface area contributed by atoms with Crippen LogP contribution in [-0.4, -0.2) is 0 Å². The van der Waals surface area contributed by atoms with E-state index in [4.69, 9.17) is 0 Å². The summed E-state index contributed by atoms with van der Waals surface area (Å²) in [6.45, 7) is 22.7. The molecule has 3 aliphatic carbocycles. The smallest absolute Gasteiger partial charge is 0.0233 e. The van der Waals surface area contributed by atoms with Gasteiger partial charge in [0.1, 0.15) is 0 Å².